The first kappa shape index (κ1) is 17.4. The van der Waals surface area contributed by atoms with Crippen LogP contribution in [0.25, 0.3) is 0 Å². The second-order valence-electron chi connectivity index (χ2n) is 5.90. The van der Waals surface area contributed by atoms with E-state index in [2.05, 4.69) is 6.58 Å². The molecule has 0 unspecified atom stereocenters. The lowest BCUT2D eigenvalue weighted by molar-refractivity contribution is 0.171. The second kappa shape index (κ2) is 6.80. The quantitative estimate of drug-likeness (QED) is 0.767. The van der Waals surface area contributed by atoms with Gasteiger partial charge in [-0.25, -0.2) is 8.42 Å². The van der Waals surface area contributed by atoms with Crippen LogP contribution in [0.15, 0.2) is 53.9 Å². The van der Waals surface area contributed by atoms with Crippen LogP contribution in [0.4, 0.5) is 5.69 Å². The van der Waals surface area contributed by atoms with Gasteiger partial charge in [-0.15, -0.1) is 6.58 Å². The Bertz CT molecular complexity index is 906. The summed E-state index contributed by atoms with van der Waals surface area (Å²) in [5.74, 6) is 1.01. The molecule has 0 bridgehead atoms. The van der Waals surface area contributed by atoms with E-state index in [1.54, 1.807) is 24.3 Å². The molecule has 1 heterocycles. The Morgan fingerprint density at radius 2 is 1.76 bits per heavy atom. The van der Waals surface area contributed by atoms with Crippen molar-refractivity contribution in [3.8, 4) is 11.5 Å². The molecule has 2 aromatic rings. The Balaban J connectivity index is 2.05. The Kier molecular flexibility index (Phi) is 4.72. The fourth-order valence-electron chi connectivity index (χ4n) is 2.65. The normalized spacial score (nSPS) is 13.4. The summed E-state index contributed by atoms with van der Waals surface area (Å²) in [5.41, 5.74) is 2.75. The van der Waals surface area contributed by atoms with Crippen molar-refractivity contribution >= 4 is 15.7 Å². The summed E-state index contributed by atoms with van der Waals surface area (Å²) in [4.78, 5) is 0.164. The van der Waals surface area contributed by atoms with Gasteiger partial charge in [0, 0.05) is 6.07 Å². The van der Waals surface area contributed by atoms with Gasteiger partial charge in [-0.1, -0.05) is 12.1 Å². The standard InChI is InChI=1S/C19H21NO4S/c1-4-9-20(16-6-5-14(2)15(3)12-16)25(21,22)17-7-8-18-19(13-17)24-11-10-23-18/h4-8,12-13H,1,9-11H2,2-3H3. The first-order valence-corrected chi connectivity index (χ1v) is 9.48. The Morgan fingerprint density at radius 3 is 2.44 bits per heavy atom. The van der Waals surface area contributed by atoms with Crippen LogP contribution in [-0.2, 0) is 10.0 Å². The summed E-state index contributed by atoms with van der Waals surface area (Å²) >= 11 is 0. The topological polar surface area (TPSA) is 55.8 Å². The molecule has 0 fully saturated rings. The zero-order valence-corrected chi connectivity index (χ0v) is 15.2. The lowest BCUT2D eigenvalue weighted by Gasteiger charge is -2.25. The highest BCUT2D eigenvalue weighted by Gasteiger charge is 2.26. The third-order valence-corrected chi connectivity index (χ3v) is 5.96. The lowest BCUT2D eigenvalue weighted by Crippen LogP contribution is -2.31. The minimum Gasteiger partial charge on any atom is -0.486 e. The highest BCUT2D eigenvalue weighted by Crippen LogP contribution is 2.34. The van der Waals surface area contributed by atoms with Crippen molar-refractivity contribution in [1.82, 2.24) is 0 Å². The molecule has 1 aliphatic rings. The number of aryl methyl sites for hydroxylation is 2. The SMILES string of the molecule is C=CCN(c1ccc(C)c(C)c1)S(=O)(=O)c1ccc2c(c1)OCCO2. The van der Waals surface area contributed by atoms with Crippen molar-refractivity contribution in [1.29, 1.82) is 0 Å². The molecule has 0 aliphatic carbocycles. The molecule has 25 heavy (non-hydrogen) atoms. The largest absolute Gasteiger partial charge is 0.486 e. The van der Waals surface area contributed by atoms with Crippen molar-refractivity contribution < 1.29 is 17.9 Å². The molecular weight excluding hydrogens is 338 g/mol. The first-order valence-electron chi connectivity index (χ1n) is 8.04. The van der Waals surface area contributed by atoms with Crippen LogP contribution in [0.5, 0.6) is 11.5 Å². The van der Waals surface area contributed by atoms with Crippen molar-refractivity contribution in [2.24, 2.45) is 0 Å². The van der Waals surface area contributed by atoms with Gasteiger partial charge in [-0.2, -0.15) is 0 Å². The molecular formula is C19H21NO4S. The van der Waals surface area contributed by atoms with E-state index in [1.165, 1.54) is 10.4 Å². The third-order valence-electron chi connectivity index (χ3n) is 4.18. The van der Waals surface area contributed by atoms with Gasteiger partial charge in [0.2, 0.25) is 0 Å². The van der Waals surface area contributed by atoms with E-state index >= 15 is 0 Å². The maximum atomic E-state index is 13.2. The second-order valence-corrected chi connectivity index (χ2v) is 7.76. The molecule has 0 saturated heterocycles. The van der Waals surface area contributed by atoms with Crippen molar-refractivity contribution in [3.05, 3.63) is 60.2 Å². The van der Waals surface area contributed by atoms with Gasteiger partial charge in [0.25, 0.3) is 10.0 Å². The highest BCUT2D eigenvalue weighted by molar-refractivity contribution is 7.92. The summed E-state index contributed by atoms with van der Waals surface area (Å²) in [5, 5.41) is 0. The van der Waals surface area contributed by atoms with E-state index < -0.39 is 10.0 Å². The molecule has 3 rings (SSSR count). The van der Waals surface area contributed by atoms with E-state index in [0.717, 1.165) is 11.1 Å². The van der Waals surface area contributed by atoms with Crippen LogP contribution >= 0.6 is 0 Å². The average molecular weight is 359 g/mol. The van der Waals surface area contributed by atoms with Gasteiger partial charge in [-0.3, -0.25) is 4.31 Å². The molecule has 0 amide bonds. The maximum absolute atomic E-state index is 13.2. The van der Waals surface area contributed by atoms with E-state index in [4.69, 9.17) is 9.47 Å². The Hall–Kier alpha value is -2.47. The number of benzene rings is 2. The van der Waals surface area contributed by atoms with Gasteiger partial charge >= 0.3 is 0 Å². The number of sulfonamides is 1. The van der Waals surface area contributed by atoms with Crippen LogP contribution in [-0.4, -0.2) is 28.2 Å². The Labute approximate surface area is 148 Å². The molecule has 0 aromatic heterocycles. The van der Waals surface area contributed by atoms with Crippen LogP contribution < -0.4 is 13.8 Å². The number of fused-ring (bicyclic) bond motifs is 1. The number of anilines is 1. The van der Waals surface area contributed by atoms with E-state index in [0.29, 0.717) is 30.4 Å². The predicted octanol–water partition coefficient (Wildman–Crippen LogP) is 3.46. The van der Waals surface area contributed by atoms with E-state index in [-0.39, 0.29) is 11.4 Å². The van der Waals surface area contributed by atoms with Gasteiger partial charge in [-0.05, 0) is 49.2 Å². The highest BCUT2D eigenvalue weighted by atomic mass is 32.2. The average Bonchev–Trinajstić information content (AvgIpc) is 2.61. The number of ether oxygens (including phenoxy) is 2. The van der Waals surface area contributed by atoms with Crippen LogP contribution in [0.3, 0.4) is 0 Å². The van der Waals surface area contributed by atoms with Crippen LogP contribution in [0, 0.1) is 13.8 Å². The van der Waals surface area contributed by atoms with Crippen molar-refractivity contribution in [3.63, 3.8) is 0 Å². The number of hydrogen-bond donors (Lipinski definition) is 0. The smallest absolute Gasteiger partial charge is 0.264 e. The predicted molar refractivity (Wildman–Crippen MR) is 98.1 cm³/mol. The van der Waals surface area contributed by atoms with Gasteiger partial charge in [0.1, 0.15) is 13.2 Å². The van der Waals surface area contributed by atoms with Gasteiger partial charge in [0.05, 0.1) is 17.1 Å². The van der Waals surface area contributed by atoms with Gasteiger partial charge in [0.15, 0.2) is 11.5 Å². The summed E-state index contributed by atoms with van der Waals surface area (Å²) < 4.78 is 38.7. The number of hydrogen-bond acceptors (Lipinski definition) is 4. The summed E-state index contributed by atoms with van der Waals surface area (Å²) in [6.07, 6.45) is 1.57. The summed E-state index contributed by atoms with van der Waals surface area (Å²) in [7, 11) is -3.75. The minimum atomic E-state index is -3.75. The van der Waals surface area contributed by atoms with Crippen LogP contribution in [0.1, 0.15) is 11.1 Å². The third kappa shape index (κ3) is 3.35. The zero-order chi connectivity index (χ0) is 18.0. The molecule has 0 spiro atoms. The molecule has 1 aliphatic heterocycles. The molecule has 5 nitrogen and oxygen atoms in total. The first-order chi connectivity index (χ1) is 11.9. The molecule has 0 atom stereocenters. The molecule has 6 heteroatoms. The summed E-state index contributed by atoms with van der Waals surface area (Å²) in [6, 6.07) is 10.3. The fraction of sp³-hybridized carbons (Fsp3) is 0.263. The molecule has 2 aromatic carbocycles. The number of rotatable bonds is 5. The van der Waals surface area contributed by atoms with Crippen molar-refractivity contribution in [2.45, 2.75) is 18.7 Å². The molecule has 0 radical (unpaired) electrons. The fourth-order valence-corrected chi connectivity index (χ4v) is 4.09. The maximum Gasteiger partial charge on any atom is 0.264 e. The van der Waals surface area contributed by atoms with E-state index in [9.17, 15) is 8.42 Å². The molecule has 132 valence electrons. The van der Waals surface area contributed by atoms with Gasteiger partial charge < -0.3 is 9.47 Å². The zero-order valence-electron chi connectivity index (χ0n) is 14.4. The summed E-state index contributed by atoms with van der Waals surface area (Å²) in [6.45, 7) is 8.69. The molecule has 0 N–H and O–H groups in total. The number of nitrogens with zero attached hydrogens (tertiary/aromatic N) is 1. The van der Waals surface area contributed by atoms with Crippen LogP contribution in [0.2, 0.25) is 0 Å². The Morgan fingerprint density at radius 1 is 1.04 bits per heavy atom. The minimum absolute atomic E-state index is 0.164. The van der Waals surface area contributed by atoms with E-state index in [1.807, 2.05) is 26.0 Å². The molecule has 0 saturated carbocycles. The lowest BCUT2D eigenvalue weighted by atomic mass is 10.1. The van der Waals surface area contributed by atoms with Crippen molar-refractivity contribution in [2.75, 3.05) is 24.1 Å². The monoisotopic (exact) mass is 359 g/mol.